The third-order valence-corrected chi connectivity index (χ3v) is 3.48. The van der Waals surface area contributed by atoms with Crippen LogP contribution in [0.1, 0.15) is 31.7 Å². The van der Waals surface area contributed by atoms with Crippen LogP contribution in [0.4, 0.5) is 4.79 Å². The molecular weight excluding hydrogens is 228 g/mol. The second kappa shape index (κ2) is 5.40. The van der Waals surface area contributed by atoms with Crippen molar-refractivity contribution in [1.29, 1.82) is 0 Å². The van der Waals surface area contributed by atoms with Gasteiger partial charge in [-0.2, -0.15) is 0 Å². The van der Waals surface area contributed by atoms with Crippen LogP contribution < -0.4 is 10.6 Å². The minimum Gasteiger partial charge on any atom is -0.394 e. The van der Waals surface area contributed by atoms with E-state index in [-0.39, 0.29) is 24.2 Å². The fraction of sp³-hybridized carbons (Fsp3) is 0.500. The number of benzene rings is 1. The summed E-state index contributed by atoms with van der Waals surface area (Å²) in [5.41, 5.74) is 0.955. The molecule has 0 heterocycles. The number of aliphatic hydroxyl groups excluding tert-OH is 1. The first-order chi connectivity index (χ1) is 8.70. The van der Waals surface area contributed by atoms with Crippen molar-refractivity contribution in [2.45, 2.75) is 37.8 Å². The van der Waals surface area contributed by atoms with E-state index < -0.39 is 0 Å². The van der Waals surface area contributed by atoms with Gasteiger partial charge in [0.15, 0.2) is 0 Å². The number of urea groups is 1. The number of rotatable bonds is 5. The molecule has 0 bridgehead atoms. The number of carbonyl (C=O) groups excluding carboxylic acids is 1. The lowest BCUT2D eigenvalue weighted by molar-refractivity contribution is 0.211. The van der Waals surface area contributed by atoms with Crippen molar-refractivity contribution in [3.05, 3.63) is 35.9 Å². The van der Waals surface area contributed by atoms with Crippen LogP contribution in [0.25, 0.3) is 0 Å². The highest BCUT2D eigenvalue weighted by Gasteiger charge is 2.45. The van der Waals surface area contributed by atoms with Gasteiger partial charge in [0.2, 0.25) is 0 Å². The summed E-state index contributed by atoms with van der Waals surface area (Å²) in [5, 5.41) is 14.9. The lowest BCUT2D eigenvalue weighted by Crippen LogP contribution is -2.47. The van der Waals surface area contributed by atoms with Gasteiger partial charge in [0.1, 0.15) is 0 Å². The molecule has 2 rings (SSSR count). The van der Waals surface area contributed by atoms with Gasteiger partial charge >= 0.3 is 6.03 Å². The second-order valence-electron chi connectivity index (χ2n) is 4.83. The highest BCUT2D eigenvalue weighted by molar-refractivity contribution is 5.76. The van der Waals surface area contributed by atoms with E-state index in [0.29, 0.717) is 0 Å². The summed E-state index contributed by atoms with van der Waals surface area (Å²) in [5.74, 6) is 0. The maximum Gasteiger partial charge on any atom is 0.315 e. The summed E-state index contributed by atoms with van der Waals surface area (Å²) in [6.07, 6.45) is 2.67. The summed E-state index contributed by atoms with van der Waals surface area (Å²) >= 11 is 0. The summed E-state index contributed by atoms with van der Waals surface area (Å²) in [4.78, 5) is 11.9. The SMILES string of the molecule is CCC(CO)NC(=O)NC1(c2ccccc2)CC1. The van der Waals surface area contributed by atoms with Gasteiger partial charge in [-0.25, -0.2) is 4.79 Å². The molecule has 18 heavy (non-hydrogen) atoms. The van der Waals surface area contributed by atoms with E-state index in [1.54, 1.807) is 0 Å². The average molecular weight is 248 g/mol. The zero-order valence-corrected chi connectivity index (χ0v) is 10.6. The summed E-state index contributed by atoms with van der Waals surface area (Å²) in [7, 11) is 0. The van der Waals surface area contributed by atoms with Crippen molar-refractivity contribution in [3.63, 3.8) is 0 Å². The lowest BCUT2D eigenvalue weighted by Gasteiger charge is -2.21. The van der Waals surface area contributed by atoms with Crippen LogP contribution >= 0.6 is 0 Å². The fourth-order valence-corrected chi connectivity index (χ4v) is 2.08. The highest BCUT2D eigenvalue weighted by Crippen LogP contribution is 2.45. The number of nitrogens with one attached hydrogen (secondary N) is 2. The van der Waals surface area contributed by atoms with Crippen molar-refractivity contribution < 1.29 is 9.90 Å². The molecule has 0 radical (unpaired) electrons. The monoisotopic (exact) mass is 248 g/mol. The average Bonchev–Trinajstić information content (AvgIpc) is 3.18. The molecule has 0 aliphatic heterocycles. The molecule has 0 spiro atoms. The first-order valence-corrected chi connectivity index (χ1v) is 6.45. The van der Waals surface area contributed by atoms with Crippen LogP contribution in [0.3, 0.4) is 0 Å². The summed E-state index contributed by atoms with van der Waals surface area (Å²) in [6.45, 7) is 1.91. The molecule has 4 nitrogen and oxygen atoms in total. The minimum atomic E-state index is -0.197. The molecule has 2 amide bonds. The third kappa shape index (κ3) is 2.82. The molecule has 1 fully saturated rings. The molecule has 1 atom stereocenters. The predicted molar refractivity (Wildman–Crippen MR) is 70.2 cm³/mol. The quantitative estimate of drug-likeness (QED) is 0.743. The third-order valence-electron chi connectivity index (χ3n) is 3.48. The van der Waals surface area contributed by atoms with Crippen LogP contribution in [-0.4, -0.2) is 23.8 Å². The molecule has 1 aliphatic carbocycles. The molecule has 0 saturated heterocycles. The van der Waals surface area contributed by atoms with Crippen LogP contribution in [0, 0.1) is 0 Å². The molecule has 4 heteroatoms. The van der Waals surface area contributed by atoms with Gasteiger partial charge < -0.3 is 15.7 Å². The van der Waals surface area contributed by atoms with Gasteiger partial charge in [0.05, 0.1) is 18.2 Å². The Morgan fingerprint density at radius 1 is 1.39 bits per heavy atom. The zero-order valence-electron chi connectivity index (χ0n) is 10.6. The van der Waals surface area contributed by atoms with E-state index >= 15 is 0 Å². The first-order valence-electron chi connectivity index (χ1n) is 6.45. The molecule has 1 aromatic rings. The normalized spacial score (nSPS) is 17.9. The Labute approximate surface area is 107 Å². The largest absolute Gasteiger partial charge is 0.394 e. The molecule has 1 aromatic carbocycles. The van der Waals surface area contributed by atoms with E-state index in [1.807, 2.05) is 37.3 Å². The van der Waals surface area contributed by atoms with Crippen molar-refractivity contribution in [1.82, 2.24) is 10.6 Å². The second-order valence-corrected chi connectivity index (χ2v) is 4.83. The maximum atomic E-state index is 11.9. The van der Waals surface area contributed by atoms with Gasteiger partial charge in [0.25, 0.3) is 0 Å². The van der Waals surface area contributed by atoms with Crippen molar-refractivity contribution in [2.75, 3.05) is 6.61 Å². The zero-order chi connectivity index (χ0) is 13.0. The van der Waals surface area contributed by atoms with Crippen molar-refractivity contribution >= 4 is 6.03 Å². The van der Waals surface area contributed by atoms with Gasteiger partial charge in [-0.15, -0.1) is 0 Å². The molecule has 0 aromatic heterocycles. The van der Waals surface area contributed by atoms with E-state index in [0.717, 1.165) is 24.8 Å². The Morgan fingerprint density at radius 3 is 2.56 bits per heavy atom. The van der Waals surface area contributed by atoms with Gasteiger partial charge in [-0.05, 0) is 24.8 Å². The van der Waals surface area contributed by atoms with Gasteiger partial charge in [-0.3, -0.25) is 0 Å². The Balaban J connectivity index is 1.95. The number of hydrogen-bond acceptors (Lipinski definition) is 2. The maximum absolute atomic E-state index is 11.9. The van der Waals surface area contributed by atoms with Crippen LogP contribution in [0.5, 0.6) is 0 Å². The Kier molecular flexibility index (Phi) is 3.87. The lowest BCUT2D eigenvalue weighted by atomic mass is 10.1. The molecule has 1 unspecified atom stereocenters. The highest BCUT2D eigenvalue weighted by atomic mass is 16.3. The van der Waals surface area contributed by atoms with E-state index in [2.05, 4.69) is 10.6 Å². The van der Waals surface area contributed by atoms with Crippen LogP contribution in [0.15, 0.2) is 30.3 Å². The molecule has 1 saturated carbocycles. The van der Waals surface area contributed by atoms with E-state index in [4.69, 9.17) is 5.11 Å². The Hall–Kier alpha value is -1.55. The molecule has 1 aliphatic rings. The number of carbonyl (C=O) groups is 1. The number of hydrogen-bond donors (Lipinski definition) is 3. The van der Waals surface area contributed by atoms with Gasteiger partial charge in [0, 0.05) is 0 Å². The number of aliphatic hydroxyl groups is 1. The Morgan fingerprint density at radius 2 is 2.06 bits per heavy atom. The minimum absolute atomic E-state index is 0.0255. The fourth-order valence-electron chi connectivity index (χ4n) is 2.08. The molecule has 98 valence electrons. The summed E-state index contributed by atoms with van der Waals surface area (Å²) < 4.78 is 0. The first kappa shape index (κ1) is 12.9. The topological polar surface area (TPSA) is 61.4 Å². The predicted octanol–water partition coefficient (Wildman–Crippen LogP) is 1.75. The standard InChI is InChI=1S/C14H20N2O2/c1-2-12(10-17)15-13(18)16-14(8-9-14)11-6-4-3-5-7-11/h3-7,12,17H,2,8-10H2,1H3,(H2,15,16,18). The van der Waals surface area contributed by atoms with Gasteiger partial charge in [-0.1, -0.05) is 37.3 Å². The molecular formula is C14H20N2O2. The smallest absolute Gasteiger partial charge is 0.315 e. The van der Waals surface area contributed by atoms with Crippen LogP contribution in [0.2, 0.25) is 0 Å². The van der Waals surface area contributed by atoms with Crippen LogP contribution in [-0.2, 0) is 5.54 Å². The Bertz CT molecular complexity index is 398. The van der Waals surface area contributed by atoms with E-state index in [9.17, 15) is 4.79 Å². The van der Waals surface area contributed by atoms with Crippen molar-refractivity contribution in [2.24, 2.45) is 0 Å². The van der Waals surface area contributed by atoms with E-state index in [1.165, 1.54) is 0 Å². The number of amides is 2. The summed E-state index contributed by atoms with van der Waals surface area (Å²) in [6, 6.07) is 9.65. The molecule has 3 N–H and O–H groups in total. The van der Waals surface area contributed by atoms with Crippen molar-refractivity contribution in [3.8, 4) is 0 Å².